The van der Waals surface area contributed by atoms with Crippen molar-refractivity contribution < 1.29 is 0 Å². The molecule has 1 fully saturated rings. The van der Waals surface area contributed by atoms with Gasteiger partial charge in [-0.15, -0.1) is 0 Å². The molecule has 0 aliphatic heterocycles. The highest BCUT2D eigenvalue weighted by molar-refractivity contribution is 6.30. The monoisotopic (exact) mass is 299 g/mol. The summed E-state index contributed by atoms with van der Waals surface area (Å²) in [6.07, 6.45) is 4.93. The Bertz CT molecular complexity index is 617. The van der Waals surface area contributed by atoms with E-state index in [4.69, 9.17) is 11.6 Å². The first-order chi connectivity index (χ1) is 10.3. The maximum Gasteiger partial charge on any atom is 0.0409 e. The molecule has 2 heteroatoms. The van der Waals surface area contributed by atoms with Crippen molar-refractivity contribution in [3.63, 3.8) is 0 Å². The lowest BCUT2D eigenvalue weighted by molar-refractivity contribution is 0.689. The molecule has 2 aromatic carbocycles. The minimum Gasteiger partial charge on any atom is -0.310 e. The Morgan fingerprint density at radius 3 is 2.76 bits per heavy atom. The minimum absolute atomic E-state index is 0.711. The zero-order valence-electron chi connectivity index (χ0n) is 12.5. The van der Waals surface area contributed by atoms with Crippen molar-refractivity contribution in [3.05, 3.63) is 58.6 Å². The molecule has 0 bridgehead atoms. The zero-order valence-corrected chi connectivity index (χ0v) is 13.3. The van der Waals surface area contributed by atoms with Crippen molar-refractivity contribution >= 4 is 11.6 Å². The molecule has 21 heavy (non-hydrogen) atoms. The third-order valence-corrected chi connectivity index (χ3v) is 4.24. The van der Waals surface area contributed by atoms with Gasteiger partial charge in [0.25, 0.3) is 0 Å². The summed E-state index contributed by atoms with van der Waals surface area (Å²) in [5.41, 5.74) is 5.30. The molecular formula is C19H22ClN. The number of nitrogens with one attached hydrogen (secondary N) is 1. The Kier molecular flexibility index (Phi) is 4.62. The van der Waals surface area contributed by atoms with Gasteiger partial charge in [-0.1, -0.05) is 55.3 Å². The van der Waals surface area contributed by atoms with Gasteiger partial charge < -0.3 is 5.32 Å². The van der Waals surface area contributed by atoms with E-state index in [9.17, 15) is 0 Å². The van der Waals surface area contributed by atoms with Crippen LogP contribution in [0.15, 0.2) is 42.5 Å². The van der Waals surface area contributed by atoms with Crippen LogP contribution < -0.4 is 5.32 Å². The quantitative estimate of drug-likeness (QED) is 0.772. The number of aryl methyl sites for hydroxylation is 1. The fourth-order valence-corrected chi connectivity index (χ4v) is 2.91. The summed E-state index contributed by atoms with van der Waals surface area (Å²) in [6.45, 7) is 3.12. The lowest BCUT2D eigenvalue weighted by Gasteiger charge is -2.12. The molecule has 0 amide bonds. The van der Waals surface area contributed by atoms with E-state index in [1.54, 1.807) is 0 Å². The van der Waals surface area contributed by atoms with Gasteiger partial charge in [-0.25, -0.2) is 0 Å². The largest absolute Gasteiger partial charge is 0.310 e. The highest BCUT2D eigenvalue weighted by Gasteiger charge is 2.20. The van der Waals surface area contributed by atoms with Crippen molar-refractivity contribution in [2.45, 2.75) is 45.2 Å². The van der Waals surface area contributed by atoms with Crippen LogP contribution in [-0.2, 0) is 13.0 Å². The highest BCUT2D eigenvalue weighted by atomic mass is 35.5. The number of benzene rings is 2. The Morgan fingerprint density at radius 1 is 1.14 bits per heavy atom. The molecule has 0 heterocycles. The van der Waals surface area contributed by atoms with Crippen LogP contribution in [0.1, 0.15) is 37.3 Å². The summed E-state index contributed by atoms with van der Waals surface area (Å²) < 4.78 is 0. The standard InChI is InChI=1S/C19H22ClN/c1-2-4-14-5-3-6-15(11-14)19-10-7-17(20)12-16(19)13-21-18-8-9-18/h3,5-7,10-12,18,21H,2,4,8-9,13H2,1H3. The summed E-state index contributed by atoms with van der Waals surface area (Å²) in [7, 11) is 0. The van der Waals surface area contributed by atoms with Gasteiger partial charge in [-0.05, 0) is 53.6 Å². The summed E-state index contributed by atoms with van der Waals surface area (Å²) in [6, 6.07) is 15.8. The Labute approximate surface area is 132 Å². The van der Waals surface area contributed by atoms with Crippen LogP contribution in [0, 0.1) is 0 Å². The molecule has 1 aliphatic carbocycles. The van der Waals surface area contributed by atoms with Crippen LogP contribution in [0.3, 0.4) is 0 Å². The number of halogens is 1. The fourth-order valence-electron chi connectivity index (χ4n) is 2.71. The molecule has 0 spiro atoms. The summed E-state index contributed by atoms with van der Waals surface area (Å²) in [4.78, 5) is 0. The number of rotatable bonds is 6. The van der Waals surface area contributed by atoms with Crippen LogP contribution in [0.25, 0.3) is 11.1 Å². The van der Waals surface area contributed by atoms with Crippen molar-refractivity contribution in [2.75, 3.05) is 0 Å². The van der Waals surface area contributed by atoms with Crippen LogP contribution in [0.5, 0.6) is 0 Å². The Morgan fingerprint density at radius 2 is 2.00 bits per heavy atom. The lowest BCUT2D eigenvalue weighted by atomic mass is 9.97. The second kappa shape index (κ2) is 6.64. The molecule has 1 nitrogen and oxygen atoms in total. The molecule has 0 unspecified atom stereocenters. The molecule has 0 aromatic heterocycles. The number of hydrogen-bond acceptors (Lipinski definition) is 1. The fraction of sp³-hybridized carbons (Fsp3) is 0.368. The number of hydrogen-bond donors (Lipinski definition) is 1. The molecular weight excluding hydrogens is 278 g/mol. The van der Waals surface area contributed by atoms with Gasteiger partial charge in [0.15, 0.2) is 0 Å². The Hall–Kier alpha value is -1.31. The van der Waals surface area contributed by atoms with Crippen molar-refractivity contribution in [1.29, 1.82) is 0 Å². The molecule has 110 valence electrons. The molecule has 1 N–H and O–H groups in total. The molecule has 0 saturated heterocycles. The average Bonchev–Trinajstić information content (AvgIpc) is 3.30. The van der Waals surface area contributed by atoms with E-state index in [-0.39, 0.29) is 0 Å². The topological polar surface area (TPSA) is 12.0 Å². The van der Waals surface area contributed by atoms with Crippen molar-refractivity contribution in [2.24, 2.45) is 0 Å². The van der Waals surface area contributed by atoms with Crippen LogP contribution in [0.2, 0.25) is 5.02 Å². The summed E-state index contributed by atoms with van der Waals surface area (Å²) >= 11 is 6.19. The van der Waals surface area contributed by atoms with E-state index in [0.29, 0.717) is 6.04 Å². The van der Waals surface area contributed by atoms with Crippen LogP contribution in [-0.4, -0.2) is 6.04 Å². The maximum atomic E-state index is 6.19. The summed E-state index contributed by atoms with van der Waals surface area (Å²) in [5.74, 6) is 0. The first-order valence-electron chi connectivity index (χ1n) is 7.87. The minimum atomic E-state index is 0.711. The highest BCUT2D eigenvalue weighted by Crippen LogP contribution is 2.28. The van der Waals surface area contributed by atoms with E-state index in [1.807, 2.05) is 6.07 Å². The van der Waals surface area contributed by atoms with Gasteiger partial charge in [0.2, 0.25) is 0 Å². The summed E-state index contributed by atoms with van der Waals surface area (Å²) in [5, 5.41) is 4.41. The van der Waals surface area contributed by atoms with Crippen molar-refractivity contribution in [3.8, 4) is 11.1 Å². The second-order valence-electron chi connectivity index (χ2n) is 5.91. The SMILES string of the molecule is CCCc1cccc(-c2ccc(Cl)cc2CNC2CC2)c1. The van der Waals surface area contributed by atoms with E-state index in [1.165, 1.54) is 41.5 Å². The molecule has 0 atom stereocenters. The van der Waals surface area contributed by atoms with Crippen LogP contribution in [0.4, 0.5) is 0 Å². The normalized spacial score (nSPS) is 14.4. The molecule has 0 radical (unpaired) electrons. The molecule has 1 saturated carbocycles. The van der Waals surface area contributed by atoms with Gasteiger partial charge in [-0.3, -0.25) is 0 Å². The van der Waals surface area contributed by atoms with Crippen molar-refractivity contribution in [1.82, 2.24) is 5.32 Å². The Balaban J connectivity index is 1.90. The second-order valence-corrected chi connectivity index (χ2v) is 6.34. The van der Waals surface area contributed by atoms with E-state index in [2.05, 4.69) is 48.6 Å². The van der Waals surface area contributed by atoms with E-state index in [0.717, 1.165) is 18.0 Å². The van der Waals surface area contributed by atoms with E-state index >= 15 is 0 Å². The molecule has 3 rings (SSSR count). The predicted molar refractivity (Wildman–Crippen MR) is 90.7 cm³/mol. The zero-order chi connectivity index (χ0) is 14.7. The molecule has 2 aromatic rings. The predicted octanol–water partition coefficient (Wildman–Crippen LogP) is 5.21. The third kappa shape index (κ3) is 3.87. The van der Waals surface area contributed by atoms with Gasteiger partial charge in [-0.2, -0.15) is 0 Å². The first-order valence-corrected chi connectivity index (χ1v) is 8.25. The smallest absolute Gasteiger partial charge is 0.0409 e. The van der Waals surface area contributed by atoms with Gasteiger partial charge >= 0.3 is 0 Å². The van der Waals surface area contributed by atoms with Crippen LogP contribution >= 0.6 is 11.6 Å². The molecule has 1 aliphatic rings. The van der Waals surface area contributed by atoms with Gasteiger partial charge in [0.1, 0.15) is 0 Å². The van der Waals surface area contributed by atoms with E-state index < -0.39 is 0 Å². The third-order valence-electron chi connectivity index (χ3n) is 4.00. The van der Waals surface area contributed by atoms with Gasteiger partial charge in [0.05, 0.1) is 0 Å². The van der Waals surface area contributed by atoms with Gasteiger partial charge in [0, 0.05) is 17.6 Å². The lowest BCUT2D eigenvalue weighted by Crippen LogP contribution is -2.15. The average molecular weight is 300 g/mol. The first kappa shape index (κ1) is 14.6. The maximum absolute atomic E-state index is 6.19.